The van der Waals surface area contributed by atoms with Crippen molar-refractivity contribution in [3.63, 3.8) is 0 Å². The van der Waals surface area contributed by atoms with Crippen molar-refractivity contribution in [2.24, 2.45) is 5.92 Å². The van der Waals surface area contributed by atoms with Gasteiger partial charge in [0.15, 0.2) is 0 Å². The van der Waals surface area contributed by atoms with E-state index in [-0.39, 0.29) is 5.82 Å². The highest BCUT2D eigenvalue weighted by Crippen LogP contribution is 2.32. The first-order chi connectivity index (χ1) is 10.3. The lowest BCUT2D eigenvalue weighted by molar-refractivity contribution is 0.270. The van der Waals surface area contributed by atoms with E-state index in [9.17, 15) is 4.39 Å². The Morgan fingerprint density at radius 3 is 2.81 bits per heavy atom. The molecule has 2 bridgehead atoms. The van der Waals surface area contributed by atoms with E-state index in [1.54, 1.807) is 12.1 Å². The zero-order valence-corrected chi connectivity index (χ0v) is 11.8. The third-order valence-corrected chi connectivity index (χ3v) is 4.58. The summed E-state index contributed by atoms with van der Waals surface area (Å²) in [7, 11) is 0. The van der Waals surface area contributed by atoms with E-state index in [0.29, 0.717) is 35.3 Å². The van der Waals surface area contributed by atoms with Crippen LogP contribution < -0.4 is 5.32 Å². The molecule has 0 spiro atoms. The number of rotatable bonds is 3. The minimum Gasteiger partial charge on any atom is -0.339 e. The SMILES string of the molecule is Fc1cccc(-c2noc(CC3CC4CCC(C3)N4)n2)c1. The standard InChI is InChI=1S/C16H18FN3O/c17-12-3-1-2-11(9-12)16-19-15(21-20-16)8-10-6-13-4-5-14(7-10)18-13/h1-3,9-10,13-14,18H,4-8H2. The van der Waals surface area contributed by atoms with Crippen LogP contribution >= 0.6 is 0 Å². The van der Waals surface area contributed by atoms with Gasteiger partial charge in [0.1, 0.15) is 5.82 Å². The van der Waals surface area contributed by atoms with Crippen LogP contribution in [0.3, 0.4) is 0 Å². The Bertz CT molecular complexity index is 630. The molecule has 2 aliphatic heterocycles. The van der Waals surface area contributed by atoms with Gasteiger partial charge in [0.05, 0.1) is 0 Å². The number of hydrogen-bond donors (Lipinski definition) is 1. The molecule has 2 saturated heterocycles. The molecule has 0 amide bonds. The molecule has 0 radical (unpaired) electrons. The van der Waals surface area contributed by atoms with Crippen molar-refractivity contribution in [3.05, 3.63) is 36.0 Å². The van der Waals surface area contributed by atoms with Crippen LogP contribution in [-0.4, -0.2) is 22.2 Å². The Kier molecular flexibility index (Phi) is 3.22. The molecular weight excluding hydrogens is 269 g/mol. The number of aromatic nitrogens is 2. The number of nitrogens with one attached hydrogen (secondary N) is 1. The summed E-state index contributed by atoms with van der Waals surface area (Å²) in [5.41, 5.74) is 0.662. The van der Waals surface area contributed by atoms with Crippen molar-refractivity contribution in [1.29, 1.82) is 0 Å². The van der Waals surface area contributed by atoms with Crippen LogP contribution in [0.2, 0.25) is 0 Å². The van der Waals surface area contributed by atoms with Crippen LogP contribution in [0.5, 0.6) is 0 Å². The Hall–Kier alpha value is -1.75. The van der Waals surface area contributed by atoms with Gasteiger partial charge in [0, 0.05) is 24.1 Å². The first-order valence-corrected chi connectivity index (χ1v) is 7.61. The van der Waals surface area contributed by atoms with E-state index in [1.807, 2.05) is 0 Å². The Labute approximate surface area is 122 Å². The Balaban J connectivity index is 1.47. The highest BCUT2D eigenvalue weighted by atomic mass is 19.1. The number of piperidine rings is 1. The number of hydrogen-bond acceptors (Lipinski definition) is 4. The maximum atomic E-state index is 13.2. The van der Waals surface area contributed by atoms with Gasteiger partial charge in [-0.3, -0.25) is 0 Å². The van der Waals surface area contributed by atoms with Crippen molar-refractivity contribution in [3.8, 4) is 11.4 Å². The highest BCUT2D eigenvalue weighted by molar-refractivity contribution is 5.53. The van der Waals surface area contributed by atoms with Crippen LogP contribution in [0.25, 0.3) is 11.4 Å². The Morgan fingerprint density at radius 2 is 2.05 bits per heavy atom. The van der Waals surface area contributed by atoms with Gasteiger partial charge >= 0.3 is 0 Å². The maximum Gasteiger partial charge on any atom is 0.227 e. The lowest BCUT2D eigenvalue weighted by Gasteiger charge is -2.27. The summed E-state index contributed by atoms with van der Waals surface area (Å²) in [6.45, 7) is 0. The van der Waals surface area contributed by atoms with Crippen LogP contribution in [-0.2, 0) is 6.42 Å². The monoisotopic (exact) mass is 287 g/mol. The second-order valence-corrected chi connectivity index (χ2v) is 6.20. The molecule has 1 aromatic heterocycles. The number of nitrogens with zero attached hydrogens (tertiary/aromatic N) is 2. The average molecular weight is 287 g/mol. The lowest BCUT2D eigenvalue weighted by atomic mass is 9.90. The lowest BCUT2D eigenvalue weighted by Crippen LogP contribution is -2.38. The molecule has 2 unspecified atom stereocenters. The van der Waals surface area contributed by atoms with Gasteiger partial charge in [-0.25, -0.2) is 4.39 Å². The zero-order valence-electron chi connectivity index (χ0n) is 11.8. The quantitative estimate of drug-likeness (QED) is 0.943. The summed E-state index contributed by atoms with van der Waals surface area (Å²) in [6.07, 6.45) is 5.79. The van der Waals surface area contributed by atoms with E-state index < -0.39 is 0 Å². The first-order valence-electron chi connectivity index (χ1n) is 7.61. The van der Waals surface area contributed by atoms with E-state index in [4.69, 9.17) is 4.52 Å². The summed E-state index contributed by atoms with van der Waals surface area (Å²) < 4.78 is 18.6. The van der Waals surface area contributed by atoms with E-state index in [0.717, 1.165) is 6.42 Å². The molecule has 2 aromatic rings. The zero-order chi connectivity index (χ0) is 14.2. The van der Waals surface area contributed by atoms with E-state index >= 15 is 0 Å². The van der Waals surface area contributed by atoms with Crippen molar-refractivity contribution in [2.45, 2.75) is 44.2 Å². The largest absolute Gasteiger partial charge is 0.339 e. The van der Waals surface area contributed by atoms with Gasteiger partial charge < -0.3 is 9.84 Å². The summed E-state index contributed by atoms with van der Waals surface area (Å²) >= 11 is 0. The summed E-state index contributed by atoms with van der Waals surface area (Å²) in [4.78, 5) is 4.42. The van der Waals surface area contributed by atoms with Crippen molar-refractivity contribution in [2.75, 3.05) is 0 Å². The molecule has 2 atom stereocenters. The van der Waals surface area contributed by atoms with Crippen LogP contribution in [0, 0.1) is 11.7 Å². The Morgan fingerprint density at radius 1 is 1.24 bits per heavy atom. The molecule has 5 heteroatoms. The molecule has 4 nitrogen and oxygen atoms in total. The predicted molar refractivity (Wildman–Crippen MR) is 76.1 cm³/mol. The normalized spacial score (nSPS) is 28.0. The number of halogens is 1. The first kappa shape index (κ1) is 13.0. The fraction of sp³-hybridized carbons (Fsp3) is 0.500. The highest BCUT2D eigenvalue weighted by Gasteiger charge is 2.34. The van der Waals surface area contributed by atoms with Crippen LogP contribution in [0.1, 0.15) is 31.6 Å². The molecule has 1 N–H and O–H groups in total. The number of benzene rings is 1. The van der Waals surface area contributed by atoms with Gasteiger partial charge in [-0.15, -0.1) is 0 Å². The molecule has 1 aromatic carbocycles. The van der Waals surface area contributed by atoms with Gasteiger partial charge in [-0.2, -0.15) is 4.98 Å². The van der Waals surface area contributed by atoms with Gasteiger partial charge in [0.2, 0.25) is 11.7 Å². The van der Waals surface area contributed by atoms with Crippen molar-refractivity contribution < 1.29 is 8.91 Å². The van der Waals surface area contributed by atoms with E-state index in [2.05, 4.69) is 15.5 Å². The summed E-state index contributed by atoms with van der Waals surface area (Å²) in [5.74, 6) is 1.47. The molecular formula is C16H18FN3O. The second-order valence-electron chi connectivity index (χ2n) is 6.20. The molecule has 21 heavy (non-hydrogen) atoms. The van der Waals surface area contributed by atoms with Crippen LogP contribution in [0.15, 0.2) is 28.8 Å². The molecule has 2 fully saturated rings. The molecule has 0 aliphatic carbocycles. The third kappa shape index (κ3) is 2.70. The summed E-state index contributed by atoms with van der Waals surface area (Å²) in [5, 5.41) is 7.61. The predicted octanol–water partition coefficient (Wildman–Crippen LogP) is 2.95. The average Bonchev–Trinajstić information content (AvgIpc) is 3.06. The van der Waals surface area contributed by atoms with E-state index in [1.165, 1.54) is 37.8 Å². The molecule has 110 valence electrons. The maximum absolute atomic E-state index is 13.2. The molecule has 3 heterocycles. The minimum absolute atomic E-state index is 0.284. The van der Waals surface area contributed by atoms with Crippen molar-refractivity contribution >= 4 is 0 Å². The summed E-state index contributed by atoms with van der Waals surface area (Å²) in [6, 6.07) is 7.63. The molecule has 4 rings (SSSR count). The van der Waals surface area contributed by atoms with Crippen molar-refractivity contribution in [1.82, 2.24) is 15.5 Å². The van der Waals surface area contributed by atoms with Gasteiger partial charge in [0.25, 0.3) is 0 Å². The number of fused-ring (bicyclic) bond motifs is 2. The fourth-order valence-electron chi connectivity index (χ4n) is 3.67. The minimum atomic E-state index is -0.284. The second kappa shape index (κ2) is 5.22. The topological polar surface area (TPSA) is 51.0 Å². The molecule has 2 aliphatic rings. The third-order valence-electron chi connectivity index (χ3n) is 4.58. The molecule has 0 saturated carbocycles. The van der Waals surface area contributed by atoms with Gasteiger partial charge in [-0.1, -0.05) is 17.3 Å². The van der Waals surface area contributed by atoms with Crippen LogP contribution in [0.4, 0.5) is 4.39 Å². The van der Waals surface area contributed by atoms with Gasteiger partial charge in [-0.05, 0) is 43.7 Å². The smallest absolute Gasteiger partial charge is 0.227 e. The fourth-order valence-corrected chi connectivity index (χ4v) is 3.67.